The number of nitrogens with two attached hydrogens (primary N) is 1. The molecule has 0 bridgehead atoms. The molecule has 0 saturated carbocycles. The van der Waals surface area contributed by atoms with Crippen molar-refractivity contribution in [3.05, 3.63) is 18.2 Å². The van der Waals surface area contributed by atoms with Gasteiger partial charge in [-0.2, -0.15) is 0 Å². The summed E-state index contributed by atoms with van der Waals surface area (Å²) >= 11 is 0. The minimum absolute atomic E-state index is 0.522. The number of hydrogen-bond donors (Lipinski definition) is 1. The van der Waals surface area contributed by atoms with Gasteiger partial charge in [-0.25, -0.2) is 4.98 Å². The minimum Gasteiger partial charge on any atom is -0.494 e. The highest BCUT2D eigenvalue weighted by Gasteiger charge is 2.05. The van der Waals surface area contributed by atoms with Crippen LogP contribution in [0, 0.1) is 0 Å². The van der Waals surface area contributed by atoms with Crippen molar-refractivity contribution in [2.24, 2.45) is 7.05 Å². The van der Waals surface area contributed by atoms with Crippen molar-refractivity contribution in [3.63, 3.8) is 0 Å². The summed E-state index contributed by atoms with van der Waals surface area (Å²) in [5, 5.41) is 0. The summed E-state index contributed by atoms with van der Waals surface area (Å²) in [5.74, 6) is 1.35. The number of rotatable bonds is 2. The highest BCUT2D eigenvalue weighted by molar-refractivity contribution is 5.79. The van der Waals surface area contributed by atoms with E-state index in [2.05, 4.69) is 4.98 Å². The molecule has 1 aromatic heterocycles. The van der Waals surface area contributed by atoms with Crippen LogP contribution in [0.4, 0.5) is 5.95 Å². The standard InChI is InChI=1S/C10H13N3O/c1-3-14-7-4-5-9-8(6-7)12-10(11)13(9)2/h4-6H,3H2,1-2H3,(H2,11,12). The topological polar surface area (TPSA) is 53.1 Å². The number of nitrogens with zero attached hydrogens (tertiary/aromatic N) is 2. The first-order valence-electron chi connectivity index (χ1n) is 4.57. The third kappa shape index (κ3) is 1.28. The predicted octanol–water partition coefficient (Wildman–Crippen LogP) is 1.55. The Morgan fingerprint density at radius 1 is 1.50 bits per heavy atom. The van der Waals surface area contributed by atoms with Gasteiger partial charge in [0, 0.05) is 13.1 Å². The van der Waals surface area contributed by atoms with Crippen LogP contribution in [-0.4, -0.2) is 16.2 Å². The molecule has 0 aliphatic carbocycles. The molecule has 0 radical (unpaired) electrons. The van der Waals surface area contributed by atoms with Crippen LogP contribution in [0.25, 0.3) is 11.0 Å². The van der Waals surface area contributed by atoms with Crippen molar-refractivity contribution in [1.82, 2.24) is 9.55 Å². The Morgan fingerprint density at radius 3 is 3.00 bits per heavy atom. The van der Waals surface area contributed by atoms with Gasteiger partial charge in [0.1, 0.15) is 5.75 Å². The minimum atomic E-state index is 0.522. The molecule has 0 aliphatic rings. The number of aryl methyl sites for hydroxylation is 1. The summed E-state index contributed by atoms with van der Waals surface area (Å²) in [6.07, 6.45) is 0. The fourth-order valence-electron chi connectivity index (χ4n) is 1.45. The third-order valence-corrected chi connectivity index (χ3v) is 2.20. The van der Waals surface area contributed by atoms with Crippen molar-refractivity contribution in [1.29, 1.82) is 0 Å². The van der Waals surface area contributed by atoms with Crippen molar-refractivity contribution in [2.75, 3.05) is 12.3 Å². The Morgan fingerprint density at radius 2 is 2.29 bits per heavy atom. The molecule has 1 heterocycles. The Bertz CT molecular complexity index is 462. The van der Waals surface area contributed by atoms with Crippen molar-refractivity contribution in [3.8, 4) is 5.75 Å². The zero-order valence-electron chi connectivity index (χ0n) is 8.32. The molecule has 0 fully saturated rings. The molecule has 2 rings (SSSR count). The molecule has 0 aliphatic heterocycles. The lowest BCUT2D eigenvalue weighted by Gasteiger charge is -2.01. The predicted molar refractivity (Wildman–Crippen MR) is 56.3 cm³/mol. The average Bonchev–Trinajstić information content (AvgIpc) is 2.43. The molecule has 2 N–H and O–H groups in total. The van der Waals surface area contributed by atoms with Gasteiger partial charge in [0.05, 0.1) is 17.6 Å². The second-order valence-electron chi connectivity index (χ2n) is 3.11. The zero-order chi connectivity index (χ0) is 10.1. The van der Waals surface area contributed by atoms with E-state index in [4.69, 9.17) is 10.5 Å². The number of hydrogen-bond acceptors (Lipinski definition) is 3. The molecule has 2 aromatic rings. The monoisotopic (exact) mass is 191 g/mol. The Labute approximate surface area is 82.3 Å². The van der Waals surface area contributed by atoms with Crippen molar-refractivity contribution >= 4 is 17.0 Å². The highest BCUT2D eigenvalue weighted by Crippen LogP contribution is 2.21. The number of fused-ring (bicyclic) bond motifs is 1. The zero-order valence-corrected chi connectivity index (χ0v) is 8.32. The summed E-state index contributed by atoms with van der Waals surface area (Å²) in [4.78, 5) is 4.22. The van der Waals surface area contributed by atoms with Crippen molar-refractivity contribution < 1.29 is 4.74 Å². The summed E-state index contributed by atoms with van der Waals surface area (Å²) in [6.45, 7) is 2.62. The number of imidazole rings is 1. The number of nitrogen functional groups attached to an aromatic ring is 1. The molecule has 0 unspecified atom stereocenters. The Kier molecular flexibility index (Phi) is 2.04. The van der Waals surface area contributed by atoms with E-state index in [9.17, 15) is 0 Å². The first-order valence-corrected chi connectivity index (χ1v) is 4.57. The molecule has 4 nitrogen and oxygen atoms in total. The smallest absolute Gasteiger partial charge is 0.200 e. The molecule has 4 heteroatoms. The van der Waals surface area contributed by atoms with Crippen LogP contribution in [0.15, 0.2) is 18.2 Å². The number of aromatic nitrogens is 2. The highest BCUT2D eigenvalue weighted by atomic mass is 16.5. The van der Waals surface area contributed by atoms with Crippen molar-refractivity contribution in [2.45, 2.75) is 6.92 Å². The maximum atomic E-state index is 5.69. The van der Waals surface area contributed by atoms with E-state index in [1.54, 1.807) is 0 Å². The lowest BCUT2D eigenvalue weighted by Crippen LogP contribution is -1.96. The molecule has 0 atom stereocenters. The molecular formula is C10H13N3O. The van der Waals surface area contributed by atoms with E-state index >= 15 is 0 Å². The number of anilines is 1. The van der Waals surface area contributed by atoms with Gasteiger partial charge in [0.25, 0.3) is 0 Å². The SMILES string of the molecule is CCOc1ccc2c(c1)nc(N)n2C. The van der Waals surface area contributed by atoms with Gasteiger partial charge < -0.3 is 15.0 Å². The molecule has 0 spiro atoms. The van der Waals surface area contributed by atoms with Crippen LogP contribution in [0.2, 0.25) is 0 Å². The average molecular weight is 191 g/mol. The molecule has 14 heavy (non-hydrogen) atoms. The van der Waals surface area contributed by atoms with Gasteiger partial charge in [0.15, 0.2) is 0 Å². The second-order valence-corrected chi connectivity index (χ2v) is 3.11. The fraction of sp³-hybridized carbons (Fsp3) is 0.300. The summed E-state index contributed by atoms with van der Waals surface area (Å²) in [7, 11) is 1.89. The van der Waals surface area contributed by atoms with Crippen LogP contribution in [0.3, 0.4) is 0 Å². The summed E-state index contributed by atoms with van der Waals surface area (Å²) < 4.78 is 7.23. The largest absolute Gasteiger partial charge is 0.494 e. The Balaban J connectivity index is 2.56. The normalized spacial score (nSPS) is 10.7. The van der Waals surface area contributed by atoms with Crippen LogP contribution >= 0.6 is 0 Å². The third-order valence-electron chi connectivity index (χ3n) is 2.20. The number of ether oxygens (including phenoxy) is 1. The lowest BCUT2D eigenvalue weighted by atomic mass is 10.3. The summed E-state index contributed by atoms with van der Waals surface area (Å²) in [5.41, 5.74) is 7.58. The van der Waals surface area contributed by atoms with E-state index in [-0.39, 0.29) is 0 Å². The van der Waals surface area contributed by atoms with Crippen LogP contribution in [-0.2, 0) is 7.05 Å². The second kappa shape index (κ2) is 3.21. The van der Waals surface area contributed by atoms with Gasteiger partial charge >= 0.3 is 0 Å². The maximum absolute atomic E-state index is 5.69. The van der Waals surface area contributed by atoms with Crippen LogP contribution in [0.5, 0.6) is 5.75 Å². The first-order chi connectivity index (χ1) is 6.72. The van der Waals surface area contributed by atoms with E-state index in [0.29, 0.717) is 12.6 Å². The van der Waals surface area contributed by atoms with Gasteiger partial charge in [0.2, 0.25) is 5.95 Å². The fourth-order valence-corrected chi connectivity index (χ4v) is 1.45. The number of benzene rings is 1. The molecule has 0 saturated heterocycles. The van der Waals surface area contributed by atoms with Crippen LogP contribution in [0.1, 0.15) is 6.92 Å². The van der Waals surface area contributed by atoms with E-state index < -0.39 is 0 Å². The molecule has 0 amide bonds. The van der Waals surface area contributed by atoms with E-state index in [1.807, 2.05) is 36.7 Å². The van der Waals surface area contributed by atoms with E-state index in [0.717, 1.165) is 16.8 Å². The molecular weight excluding hydrogens is 178 g/mol. The Hall–Kier alpha value is -1.71. The molecule has 1 aromatic carbocycles. The summed E-state index contributed by atoms with van der Waals surface area (Å²) in [6, 6.07) is 5.78. The van der Waals surface area contributed by atoms with Crippen LogP contribution < -0.4 is 10.5 Å². The molecule has 74 valence electrons. The van der Waals surface area contributed by atoms with Gasteiger partial charge in [-0.3, -0.25) is 0 Å². The van der Waals surface area contributed by atoms with Gasteiger partial charge in [-0.1, -0.05) is 0 Å². The van der Waals surface area contributed by atoms with E-state index in [1.165, 1.54) is 0 Å². The lowest BCUT2D eigenvalue weighted by molar-refractivity contribution is 0.340. The van der Waals surface area contributed by atoms with Gasteiger partial charge in [-0.05, 0) is 19.1 Å². The first kappa shape index (κ1) is 8.87. The maximum Gasteiger partial charge on any atom is 0.200 e. The van der Waals surface area contributed by atoms with Gasteiger partial charge in [-0.15, -0.1) is 0 Å². The quantitative estimate of drug-likeness (QED) is 0.783.